The number of rotatable bonds is 4. The largest absolute Gasteiger partial charge is 0.323 e. The number of H-pyrrole nitrogens is 2. The van der Waals surface area contributed by atoms with Crippen molar-refractivity contribution in [1.29, 1.82) is 0 Å². The van der Waals surface area contributed by atoms with Crippen molar-refractivity contribution < 1.29 is 0 Å². The van der Waals surface area contributed by atoms with E-state index in [4.69, 9.17) is 0 Å². The Labute approximate surface area is 106 Å². The van der Waals surface area contributed by atoms with Crippen molar-refractivity contribution in [3.63, 3.8) is 0 Å². The molecule has 1 fully saturated rings. The highest BCUT2D eigenvalue weighted by atomic mass is 16.1. The quantitative estimate of drug-likeness (QED) is 0.774. The van der Waals surface area contributed by atoms with Gasteiger partial charge in [0, 0.05) is 6.04 Å². The second-order valence-electron chi connectivity index (χ2n) is 5.31. The molecule has 0 aliphatic heterocycles. The van der Waals surface area contributed by atoms with E-state index < -0.39 is 0 Å². The molecular weight excluding hydrogens is 226 g/mol. The summed E-state index contributed by atoms with van der Waals surface area (Å²) in [6.07, 6.45) is 4.12. The predicted octanol–water partition coefficient (Wildman–Crippen LogP) is 2.31. The average Bonchev–Trinajstić information content (AvgIpc) is 2.65. The second kappa shape index (κ2) is 4.61. The number of benzene rings is 1. The topological polar surface area (TPSA) is 60.7 Å². The van der Waals surface area contributed by atoms with Gasteiger partial charge in [-0.1, -0.05) is 12.5 Å². The molecule has 3 rings (SSSR count). The molecule has 96 valence electrons. The van der Waals surface area contributed by atoms with Crippen LogP contribution in [0.4, 0.5) is 0 Å². The zero-order chi connectivity index (χ0) is 12.5. The summed E-state index contributed by atoms with van der Waals surface area (Å²) in [6.45, 7) is 3.27. The van der Waals surface area contributed by atoms with Crippen molar-refractivity contribution in [2.75, 3.05) is 6.54 Å². The average molecular weight is 245 g/mol. The van der Waals surface area contributed by atoms with Crippen LogP contribution in [-0.2, 0) is 0 Å². The first kappa shape index (κ1) is 11.5. The maximum absolute atomic E-state index is 11.2. The summed E-state index contributed by atoms with van der Waals surface area (Å²) in [7, 11) is 0. The van der Waals surface area contributed by atoms with Crippen molar-refractivity contribution in [2.45, 2.75) is 32.2 Å². The minimum atomic E-state index is -0.141. The van der Waals surface area contributed by atoms with Crippen LogP contribution in [0.2, 0.25) is 0 Å². The van der Waals surface area contributed by atoms with Crippen molar-refractivity contribution in [1.82, 2.24) is 15.3 Å². The molecule has 0 amide bonds. The Bertz CT molecular complexity index is 594. The molecule has 1 unspecified atom stereocenters. The van der Waals surface area contributed by atoms with Crippen molar-refractivity contribution in [3.8, 4) is 0 Å². The third-order valence-electron chi connectivity index (χ3n) is 3.98. The van der Waals surface area contributed by atoms with Crippen LogP contribution in [0.1, 0.15) is 37.8 Å². The van der Waals surface area contributed by atoms with E-state index in [1.165, 1.54) is 24.8 Å². The number of hydrogen-bond acceptors (Lipinski definition) is 2. The Morgan fingerprint density at radius 1 is 1.33 bits per heavy atom. The van der Waals surface area contributed by atoms with Crippen molar-refractivity contribution in [3.05, 3.63) is 34.2 Å². The molecule has 0 bridgehead atoms. The standard InChI is InChI=1S/C14H19N3O/c1-9(15-8-10-3-2-4-10)11-5-6-12-13(7-11)17-14(18)16-12/h5-7,9-10,15H,2-4,8H2,1H3,(H2,16,17,18). The van der Waals surface area contributed by atoms with E-state index in [-0.39, 0.29) is 5.69 Å². The highest BCUT2D eigenvalue weighted by molar-refractivity contribution is 5.75. The molecule has 0 saturated heterocycles. The second-order valence-corrected chi connectivity index (χ2v) is 5.31. The Kier molecular flexibility index (Phi) is 2.96. The number of fused-ring (bicyclic) bond motifs is 1. The molecule has 1 aliphatic rings. The molecule has 1 aromatic heterocycles. The van der Waals surface area contributed by atoms with Crippen LogP contribution in [0.3, 0.4) is 0 Å². The van der Waals surface area contributed by atoms with Crippen LogP contribution in [0.25, 0.3) is 11.0 Å². The van der Waals surface area contributed by atoms with E-state index in [1.54, 1.807) is 0 Å². The van der Waals surface area contributed by atoms with Gasteiger partial charge in [0.15, 0.2) is 0 Å². The molecule has 4 nitrogen and oxygen atoms in total. The highest BCUT2D eigenvalue weighted by Crippen LogP contribution is 2.26. The van der Waals surface area contributed by atoms with Gasteiger partial charge in [-0.15, -0.1) is 0 Å². The van der Waals surface area contributed by atoms with E-state index in [2.05, 4.69) is 28.3 Å². The molecule has 0 spiro atoms. The fraction of sp³-hybridized carbons (Fsp3) is 0.500. The van der Waals surface area contributed by atoms with Crippen molar-refractivity contribution in [2.24, 2.45) is 5.92 Å². The van der Waals surface area contributed by atoms with Crippen LogP contribution in [-0.4, -0.2) is 16.5 Å². The first-order chi connectivity index (χ1) is 8.72. The summed E-state index contributed by atoms with van der Waals surface area (Å²) in [5, 5.41) is 3.57. The highest BCUT2D eigenvalue weighted by Gasteiger charge is 2.18. The first-order valence-electron chi connectivity index (χ1n) is 6.68. The lowest BCUT2D eigenvalue weighted by Crippen LogP contribution is -2.29. The molecule has 1 saturated carbocycles. The maximum Gasteiger partial charge on any atom is 0.323 e. The number of hydrogen-bond donors (Lipinski definition) is 3. The molecule has 1 aliphatic carbocycles. The fourth-order valence-electron chi connectivity index (χ4n) is 2.48. The summed E-state index contributed by atoms with van der Waals surface area (Å²) in [4.78, 5) is 16.8. The molecule has 0 radical (unpaired) electrons. The van der Waals surface area contributed by atoms with Crippen molar-refractivity contribution >= 4 is 11.0 Å². The Morgan fingerprint density at radius 3 is 2.83 bits per heavy atom. The lowest BCUT2D eigenvalue weighted by atomic mass is 9.85. The summed E-state index contributed by atoms with van der Waals surface area (Å²) >= 11 is 0. The van der Waals surface area contributed by atoms with E-state index in [1.807, 2.05) is 12.1 Å². The maximum atomic E-state index is 11.2. The van der Waals surface area contributed by atoms with Gasteiger partial charge in [-0.3, -0.25) is 0 Å². The zero-order valence-corrected chi connectivity index (χ0v) is 10.6. The van der Waals surface area contributed by atoms with Crippen LogP contribution in [0.15, 0.2) is 23.0 Å². The smallest absolute Gasteiger partial charge is 0.310 e. The molecule has 2 aromatic rings. The van der Waals surface area contributed by atoms with Crippen LogP contribution in [0, 0.1) is 5.92 Å². The molecule has 1 aromatic carbocycles. The molecule has 4 heteroatoms. The van der Waals surface area contributed by atoms with Gasteiger partial charge < -0.3 is 15.3 Å². The lowest BCUT2D eigenvalue weighted by molar-refractivity contribution is 0.292. The van der Waals surface area contributed by atoms with Gasteiger partial charge >= 0.3 is 5.69 Å². The Balaban J connectivity index is 1.73. The minimum Gasteiger partial charge on any atom is -0.310 e. The van der Waals surface area contributed by atoms with Gasteiger partial charge in [-0.2, -0.15) is 0 Å². The monoisotopic (exact) mass is 245 g/mol. The number of imidazole rings is 1. The number of aromatic nitrogens is 2. The summed E-state index contributed by atoms with van der Waals surface area (Å²) in [5.41, 5.74) is 2.83. The Hall–Kier alpha value is -1.55. The SMILES string of the molecule is CC(NCC1CCC1)c1ccc2[nH]c(=O)[nH]c2c1. The van der Waals surface area contributed by atoms with Crippen LogP contribution < -0.4 is 11.0 Å². The molecule has 18 heavy (non-hydrogen) atoms. The number of nitrogens with one attached hydrogen (secondary N) is 3. The summed E-state index contributed by atoms with van der Waals surface area (Å²) in [5.74, 6) is 0.864. The zero-order valence-electron chi connectivity index (χ0n) is 10.6. The van der Waals surface area contributed by atoms with Gasteiger partial charge in [-0.05, 0) is 49.9 Å². The van der Waals surface area contributed by atoms with Gasteiger partial charge in [0.25, 0.3) is 0 Å². The number of aromatic amines is 2. The third-order valence-corrected chi connectivity index (χ3v) is 3.98. The molecule has 3 N–H and O–H groups in total. The normalized spacial score (nSPS) is 17.8. The Morgan fingerprint density at radius 2 is 2.11 bits per heavy atom. The van der Waals surface area contributed by atoms with Gasteiger partial charge in [0.1, 0.15) is 0 Å². The van der Waals surface area contributed by atoms with Gasteiger partial charge in [-0.25, -0.2) is 4.79 Å². The molecule has 1 heterocycles. The fourth-order valence-corrected chi connectivity index (χ4v) is 2.48. The van der Waals surface area contributed by atoms with Crippen LogP contribution >= 0.6 is 0 Å². The van der Waals surface area contributed by atoms with E-state index in [0.29, 0.717) is 6.04 Å². The van der Waals surface area contributed by atoms with Crippen LogP contribution in [0.5, 0.6) is 0 Å². The first-order valence-corrected chi connectivity index (χ1v) is 6.68. The summed E-state index contributed by atoms with van der Waals surface area (Å²) < 4.78 is 0. The lowest BCUT2D eigenvalue weighted by Gasteiger charge is -2.27. The third kappa shape index (κ3) is 2.20. The molecule has 1 atom stereocenters. The van der Waals surface area contributed by atoms with E-state index in [9.17, 15) is 4.79 Å². The van der Waals surface area contributed by atoms with Gasteiger partial charge in [0.2, 0.25) is 0 Å². The predicted molar refractivity (Wildman–Crippen MR) is 72.7 cm³/mol. The summed E-state index contributed by atoms with van der Waals surface area (Å²) in [6, 6.07) is 6.41. The van der Waals surface area contributed by atoms with E-state index in [0.717, 1.165) is 23.5 Å². The van der Waals surface area contributed by atoms with Gasteiger partial charge in [0.05, 0.1) is 11.0 Å². The molecular formula is C14H19N3O. The minimum absolute atomic E-state index is 0.141. The van der Waals surface area contributed by atoms with E-state index >= 15 is 0 Å².